The van der Waals surface area contributed by atoms with Gasteiger partial charge in [-0.25, -0.2) is 0 Å². The number of amides is 1. The first kappa shape index (κ1) is 14.5. The van der Waals surface area contributed by atoms with Crippen molar-refractivity contribution in [1.29, 1.82) is 0 Å². The third-order valence-corrected chi connectivity index (χ3v) is 3.82. The van der Waals surface area contributed by atoms with Gasteiger partial charge in [0.05, 0.1) is 0 Å². The quantitative estimate of drug-likeness (QED) is 0.763. The van der Waals surface area contributed by atoms with E-state index in [0.717, 1.165) is 17.0 Å². The van der Waals surface area contributed by atoms with Gasteiger partial charge in [-0.3, -0.25) is 4.79 Å². The summed E-state index contributed by atoms with van der Waals surface area (Å²) in [7, 11) is 0. The van der Waals surface area contributed by atoms with Gasteiger partial charge in [0.15, 0.2) is 0 Å². The summed E-state index contributed by atoms with van der Waals surface area (Å²) < 4.78 is 0. The minimum absolute atomic E-state index is 0.0975. The Morgan fingerprint density at radius 1 is 1.25 bits per heavy atom. The maximum atomic E-state index is 11.8. The molecule has 0 aliphatic heterocycles. The van der Waals surface area contributed by atoms with Crippen LogP contribution < -0.4 is 5.32 Å². The first-order chi connectivity index (χ1) is 9.78. The van der Waals surface area contributed by atoms with Crippen LogP contribution in [0.5, 0.6) is 0 Å². The molecule has 1 aromatic carbocycles. The van der Waals surface area contributed by atoms with Gasteiger partial charge < -0.3 is 5.32 Å². The van der Waals surface area contributed by atoms with Crippen molar-refractivity contribution in [2.24, 2.45) is 0 Å². The number of carbonyl (C=O) groups is 1. The highest BCUT2D eigenvalue weighted by molar-refractivity contribution is 7.10. The molecule has 2 rings (SSSR count). The average molecular weight is 285 g/mol. The maximum Gasteiger partial charge on any atom is 0.248 e. The molecular weight excluding hydrogens is 266 g/mol. The number of hydrogen-bond donors (Lipinski definition) is 1. The van der Waals surface area contributed by atoms with Crippen LogP contribution in [-0.2, 0) is 11.2 Å². The molecule has 20 heavy (non-hydrogen) atoms. The summed E-state index contributed by atoms with van der Waals surface area (Å²) in [6.45, 7) is 2.19. The summed E-state index contributed by atoms with van der Waals surface area (Å²) in [5.41, 5.74) is 2.16. The van der Waals surface area contributed by atoms with Crippen LogP contribution in [0.2, 0.25) is 0 Å². The van der Waals surface area contributed by atoms with Crippen LogP contribution in [0.25, 0.3) is 6.08 Å². The van der Waals surface area contributed by atoms with Gasteiger partial charge in [-0.15, -0.1) is 11.3 Å². The highest BCUT2D eigenvalue weighted by Crippen LogP contribution is 2.13. The second-order valence-corrected chi connectivity index (χ2v) is 5.62. The lowest BCUT2D eigenvalue weighted by atomic mass is 10.1. The number of aryl methyl sites for hydroxylation is 1. The normalized spacial score (nSPS) is 10.8. The predicted molar refractivity (Wildman–Crippen MR) is 87.0 cm³/mol. The second kappa shape index (κ2) is 7.65. The summed E-state index contributed by atoms with van der Waals surface area (Å²) in [6.07, 6.45) is 6.90. The van der Waals surface area contributed by atoms with Crippen molar-refractivity contribution in [2.45, 2.75) is 26.2 Å². The van der Waals surface area contributed by atoms with Crippen LogP contribution in [0, 0.1) is 0 Å². The third kappa shape index (κ3) is 4.67. The van der Waals surface area contributed by atoms with E-state index in [1.165, 1.54) is 18.4 Å². The van der Waals surface area contributed by atoms with Gasteiger partial charge in [-0.05, 0) is 48.1 Å². The van der Waals surface area contributed by atoms with Crippen molar-refractivity contribution < 1.29 is 4.79 Å². The van der Waals surface area contributed by atoms with E-state index >= 15 is 0 Å². The summed E-state index contributed by atoms with van der Waals surface area (Å²) >= 11 is 1.61. The third-order valence-electron chi connectivity index (χ3n) is 2.98. The Hall–Kier alpha value is -1.87. The molecule has 3 heteroatoms. The zero-order valence-corrected chi connectivity index (χ0v) is 12.5. The van der Waals surface area contributed by atoms with Crippen LogP contribution in [0.3, 0.4) is 0 Å². The van der Waals surface area contributed by atoms with E-state index < -0.39 is 0 Å². The van der Waals surface area contributed by atoms with Crippen molar-refractivity contribution in [2.75, 3.05) is 5.32 Å². The largest absolute Gasteiger partial charge is 0.323 e. The molecule has 0 atom stereocenters. The summed E-state index contributed by atoms with van der Waals surface area (Å²) in [5.74, 6) is -0.0975. The number of unbranched alkanes of at least 4 members (excludes halogenated alkanes) is 1. The minimum Gasteiger partial charge on any atom is -0.323 e. The molecule has 0 bridgehead atoms. The first-order valence-electron chi connectivity index (χ1n) is 6.89. The van der Waals surface area contributed by atoms with E-state index in [1.807, 2.05) is 35.7 Å². The van der Waals surface area contributed by atoms with E-state index in [0.29, 0.717) is 0 Å². The molecule has 0 fully saturated rings. The van der Waals surface area contributed by atoms with Crippen LogP contribution in [0.1, 0.15) is 30.2 Å². The van der Waals surface area contributed by atoms with Crippen molar-refractivity contribution in [3.05, 3.63) is 58.3 Å². The summed E-state index contributed by atoms with van der Waals surface area (Å²) in [6, 6.07) is 12.0. The summed E-state index contributed by atoms with van der Waals surface area (Å²) in [4.78, 5) is 12.9. The van der Waals surface area contributed by atoms with Crippen molar-refractivity contribution in [1.82, 2.24) is 0 Å². The molecule has 0 saturated carbocycles. The number of anilines is 1. The molecule has 0 saturated heterocycles. The lowest BCUT2D eigenvalue weighted by molar-refractivity contribution is -0.111. The molecule has 0 radical (unpaired) electrons. The second-order valence-electron chi connectivity index (χ2n) is 4.64. The molecule has 1 heterocycles. The van der Waals surface area contributed by atoms with Gasteiger partial charge in [-0.2, -0.15) is 0 Å². The molecule has 2 nitrogen and oxygen atoms in total. The zero-order chi connectivity index (χ0) is 14.2. The Balaban J connectivity index is 1.87. The molecule has 0 spiro atoms. The Labute approximate surface area is 124 Å². The monoisotopic (exact) mass is 285 g/mol. The van der Waals surface area contributed by atoms with E-state index in [2.05, 4.69) is 24.4 Å². The number of hydrogen-bond acceptors (Lipinski definition) is 2. The highest BCUT2D eigenvalue weighted by atomic mass is 32.1. The van der Waals surface area contributed by atoms with Crippen LogP contribution in [0.15, 0.2) is 47.9 Å². The number of nitrogens with one attached hydrogen (secondary N) is 1. The number of thiophene rings is 1. The topological polar surface area (TPSA) is 29.1 Å². The molecule has 0 aliphatic carbocycles. The van der Waals surface area contributed by atoms with E-state index in [-0.39, 0.29) is 5.91 Å². The van der Waals surface area contributed by atoms with Crippen molar-refractivity contribution in [3.63, 3.8) is 0 Å². The molecule has 2 aromatic rings. The highest BCUT2D eigenvalue weighted by Gasteiger charge is 1.99. The summed E-state index contributed by atoms with van der Waals surface area (Å²) in [5, 5.41) is 4.86. The van der Waals surface area contributed by atoms with Gasteiger partial charge in [0.2, 0.25) is 5.91 Å². The molecule has 1 aromatic heterocycles. The van der Waals surface area contributed by atoms with Crippen molar-refractivity contribution >= 4 is 29.0 Å². The molecule has 104 valence electrons. The van der Waals surface area contributed by atoms with E-state index in [9.17, 15) is 4.79 Å². The fourth-order valence-corrected chi connectivity index (χ4v) is 2.48. The van der Waals surface area contributed by atoms with E-state index in [4.69, 9.17) is 0 Å². The first-order valence-corrected chi connectivity index (χ1v) is 7.77. The van der Waals surface area contributed by atoms with Gasteiger partial charge in [0.25, 0.3) is 0 Å². The molecule has 0 aliphatic rings. The number of carbonyl (C=O) groups excluding carboxylic acids is 1. The van der Waals surface area contributed by atoms with Gasteiger partial charge in [0, 0.05) is 16.6 Å². The number of rotatable bonds is 6. The Morgan fingerprint density at radius 3 is 2.70 bits per heavy atom. The van der Waals surface area contributed by atoms with Crippen LogP contribution >= 0.6 is 11.3 Å². The minimum atomic E-state index is -0.0975. The van der Waals surface area contributed by atoms with E-state index in [1.54, 1.807) is 17.4 Å². The van der Waals surface area contributed by atoms with Gasteiger partial charge in [-0.1, -0.05) is 31.5 Å². The number of benzene rings is 1. The van der Waals surface area contributed by atoms with Gasteiger partial charge >= 0.3 is 0 Å². The molecule has 1 N–H and O–H groups in total. The maximum absolute atomic E-state index is 11.8. The lowest BCUT2D eigenvalue weighted by Gasteiger charge is -2.04. The van der Waals surface area contributed by atoms with Crippen LogP contribution in [-0.4, -0.2) is 5.91 Å². The molecule has 1 amide bonds. The Kier molecular flexibility index (Phi) is 5.56. The Bertz CT molecular complexity index is 555. The smallest absolute Gasteiger partial charge is 0.248 e. The molecular formula is C17H19NOS. The lowest BCUT2D eigenvalue weighted by Crippen LogP contribution is -2.07. The predicted octanol–water partition coefficient (Wildman–Crippen LogP) is 4.74. The standard InChI is InChI=1S/C17H19NOS/c1-2-3-5-14-7-9-15(10-8-14)18-17(19)12-11-16-6-4-13-20-16/h4,6-13H,2-3,5H2,1H3,(H,18,19). The fraction of sp³-hybridized carbons (Fsp3) is 0.235. The van der Waals surface area contributed by atoms with Crippen molar-refractivity contribution in [3.8, 4) is 0 Å². The van der Waals surface area contributed by atoms with Gasteiger partial charge in [0.1, 0.15) is 0 Å². The zero-order valence-electron chi connectivity index (χ0n) is 11.6. The Morgan fingerprint density at radius 2 is 2.05 bits per heavy atom. The van der Waals surface area contributed by atoms with Crippen LogP contribution in [0.4, 0.5) is 5.69 Å². The molecule has 0 unspecified atom stereocenters. The SMILES string of the molecule is CCCCc1ccc(NC(=O)C=Cc2cccs2)cc1. The average Bonchev–Trinajstić information content (AvgIpc) is 2.98. The fourth-order valence-electron chi connectivity index (χ4n) is 1.86.